The number of benzene rings is 1. The predicted octanol–water partition coefficient (Wildman–Crippen LogP) is 2.83. The van der Waals surface area contributed by atoms with Gasteiger partial charge in [-0.25, -0.2) is 0 Å². The molecule has 2 heterocycles. The zero-order valence-electron chi connectivity index (χ0n) is 16.4. The minimum atomic E-state index is -0.578. The molecule has 1 atom stereocenters. The van der Waals surface area contributed by atoms with Gasteiger partial charge in [0, 0.05) is 35.8 Å². The number of rotatable bonds is 8. The van der Waals surface area contributed by atoms with Gasteiger partial charge in [0.15, 0.2) is 5.96 Å². The van der Waals surface area contributed by atoms with Crippen LogP contribution in [0.15, 0.2) is 35.3 Å². The van der Waals surface area contributed by atoms with E-state index >= 15 is 0 Å². The summed E-state index contributed by atoms with van der Waals surface area (Å²) in [4.78, 5) is 7.95. The van der Waals surface area contributed by atoms with E-state index in [2.05, 4.69) is 38.7 Å². The lowest BCUT2D eigenvalue weighted by molar-refractivity contribution is 0.0376. The molecule has 6 nitrogen and oxygen atoms in total. The Kier molecular flexibility index (Phi) is 10.5. The molecule has 0 saturated carbocycles. The number of guanidine groups is 1. The Labute approximate surface area is 188 Å². The van der Waals surface area contributed by atoms with Crippen LogP contribution in [-0.4, -0.2) is 68.4 Å². The second-order valence-corrected chi connectivity index (χ2v) is 7.77. The second kappa shape index (κ2) is 12.6. The summed E-state index contributed by atoms with van der Waals surface area (Å²) in [5.41, 5.74) is 0. The fraction of sp³-hybridized carbons (Fsp3) is 0.550. The Hall–Kier alpha value is -0.940. The second-order valence-electron chi connectivity index (χ2n) is 6.66. The van der Waals surface area contributed by atoms with Crippen LogP contribution in [0.2, 0.25) is 0 Å². The van der Waals surface area contributed by atoms with Crippen LogP contribution in [-0.2, 0) is 4.74 Å². The van der Waals surface area contributed by atoms with Crippen molar-refractivity contribution >= 4 is 51.4 Å². The zero-order chi connectivity index (χ0) is 18.9. The van der Waals surface area contributed by atoms with Gasteiger partial charge >= 0.3 is 0 Å². The molecule has 0 bridgehead atoms. The van der Waals surface area contributed by atoms with Crippen molar-refractivity contribution in [3.8, 4) is 0 Å². The first-order chi connectivity index (χ1) is 13.3. The van der Waals surface area contributed by atoms with E-state index in [-0.39, 0.29) is 24.0 Å². The SMILES string of the molecule is CCNC(=NCC(O)c1cc2ccccc2s1)NCCCN1CCOCC1.I. The van der Waals surface area contributed by atoms with Gasteiger partial charge in [0.2, 0.25) is 0 Å². The van der Waals surface area contributed by atoms with Gasteiger partial charge in [-0.2, -0.15) is 0 Å². The first kappa shape index (κ1) is 23.3. The highest BCUT2D eigenvalue weighted by Gasteiger charge is 2.12. The average molecular weight is 518 g/mol. The van der Waals surface area contributed by atoms with E-state index in [4.69, 9.17) is 4.74 Å². The van der Waals surface area contributed by atoms with Gasteiger partial charge in [-0.1, -0.05) is 18.2 Å². The smallest absolute Gasteiger partial charge is 0.191 e. The molecule has 1 saturated heterocycles. The van der Waals surface area contributed by atoms with Gasteiger partial charge in [0.25, 0.3) is 0 Å². The minimum absolute atomic E-state index is 0. The zero-order valence-corrected chi connectivity index (χ0v) is 19.5. The quantitative estimate of drug-likeness (QED) is 0.217. The summed E-state index contributed by atoms with van der Waals surface area (Å²) in [5.74, 6) is 0.764. The highest BCUT2D eigenvalue weighted by molar-refractivity contribution is 14.0. The van der Waals surface area contributed by atoms with Crippen LogP contribution in [0, 0.1) is 0 Å². The first-order valence-corrected chi connectivity index (χ1v) is 10.6. The van der Waals surface area contributed by atoms with E-state index in [0.717, 1.165) is 63.2 Å². The molecule has 0 amide bonds. The summed E-state index contributed by atoms with van der Waals surface area (Å²) < 4.78 is 6.57. The number of nitrogens with zero attached hydrogens (tertiary/aromatic N) is 2. The van der Waals surface area contributed by atoms with Crippen LogP contribution in [0.5, 0.6) is 0 Å². The molecule has 1 unspecified atom stereocenters. The predicted molar refractivity (Wildman–Crippen MR) is 128 cm³/mol. The number of fused-ring (bicyclic) bond motifs is 1. The van der Waals surface area contributed by atoms with Gasteiger partial charge in [-0.15, -0.1) is 35.3 Å². The molecule has 2 aromatic rings. The number of ether oxygens (including phenoxy) is 1. The number of aliphatic hydroxyl groups is 1. The lowest BCUT2D eigenvalue weighted by Crippen LogP contribution is -2.40. The highest BCUT2D eigenvalue weighted by Crippen LogP contribution is 2.29. The molecule has 28 heavy (non-hydrogen) atoms. The molecule has 3 N–H and O–H groups in total. The largest absolute Gasteiger partial charge is 0.386 e. The van der Waals surface area contributed by atoms with Crippen molar-refractivity contribution in [1.82, 2.24) is 15.5 Å². The molecule has 0 spiro atoms. The fourth-order valence-corrected chi connectivity index (χ4v) is 4.15. The van der Waals surface area contributed by atoms with E-state index < -0.39 is 6.10 Å². The van der Waals surface area contributed by atoms with Gasteiger partial charge in [0.1, 0.15) is 6.10 Å². The maximum Gasteiger partial charge on any atom is 0.191 e. The molecule has 1 aliphatic heterocycles. The Morgan fingerprint density at radius 1 is 1.29 bits per heavy atom. The third-order valence-corrected chi connectivity index (χ3v) is 5.80. The van der Waals surface area contributed by atoms with Crippen LogP contribution in [0.3, 0.4) is 0 Å². The normalized spacial score (nSPS) is 16.6. The number of nitrogens with one attached hydrogen (secondary N) is 2. The molecule has 156 valence electrons. The third kappa shape index (κ3) is 7.14. The Balaban J connectivity index is 0.00000280. The number of halogens is 1. The summed E-state index contributed by atoms with van der Waals surface area (Å²) in [6, 6.07) is 10.3. The lowest BCUT2D eigenvalue weighted by atomic mass is 10.2. The Morgan fingerprint density at radius 3 is 2.82 bits per heavy atom. The molecule has 1 fully saturated rings. The average Bonchev–Trinajstić information content (AvgIpc) is 3.14. The maximum atomic E-state index is 10.5. The number of aliphatic hydroxyl groups excluding tert-OH is 1. The van der Waals surface area contributed by atoms with Crippen molar-refractivity contribution in [2.45, 2.75) is 19.4 Å². The van der Waals surface area contributed by atoms with Crippen molar-refractivity contribution in [2.75, 3.05) is 52.5 Å². The van der Waals surface area contributed by atoms with Gasteiger partial charge in [0.05, 0.1) is 19.8 Å². The van der Waals surface area contributed by atoms with Gasteiger partial charge < -0.3 is 20.5 Å². The van der Waals surface area contributed by atoms with Crippen molar-refractivity contribution in [2.24, 2.45) is 4.99 Å². The Morgan fingerprint density at radius 2 is 2.07 bits per heavy atom. The maximum absolute atomic E-state index is 10.5. The summed E-state index contributed by atoms with van der Waals surface area (Å²) in [6.45, 7) is 8.86. The van der Waals surface area contributed by atoms with Crippen molar-refractivity contribution in [3.05, 3.63) is 35.2 Å². The molecule has 1 aromatic carbocycles. The van der Waals surface area contributed by atoms with E-state index in [1.54, 1.807) is 11.3 Å². The number of morpholine rings is 1. The molecule has 0 radical (unpaired) electrons. The van der Waals surface area contributed by atoms with Crippen LogP contribution in [0.1, 0.15) is 24.3 Å². The molecule has 0 aliphatic carbocycles. The van der Waals surface area contributed by atoms with Crippen LogP contribution in [0.4, 0.5) is 0 Å². The highest BCUT2D eigenvalue weighted by atomic mass is 127. The number of aliphatic imine (C=N–C) groups is 1. The third-order valence-electron chi connectivity index (χ3n) is 4.59. The first-order valence-electron chi connectivity index (χ1n) is 9.75. The lowest BCUT2D eigenvalue weighted by Gasteiger charge is -2.26. The fourth-order valence-electron chi connectivity index (χ4n) is 3.11. The monoisotopic (exact) mass is 518 g/mol. The number of hydrogen-bond acceptors (Lipinski definition) is 5. The molecule has 1 aliphatic rings. The van der Waals surface area contributed by atoms with Gasteiger partial charge in [-0.3, -0.25) is 9.89 Å². The molecular weight excluding hydrogens is 487 g/mol. The summed E-state index contributed by atoms with van der Waals surface area (Å²) >= 11 is 1.63. The standard InChI is InChI=1S/C20H30N4O2S.HI/c1-2-21-20(22-8-5-9-24-10-12-26-13-11-24)23-15-17(25)19-14-16-6-3-4-7-18(16)27-19;/h3-4,6-7,14,17,25H,2,5,8-13,15H2,1H3,(H2,21,22,23);1H. The van der Waals surface area contributed by atoms with Gasteiger partial charge in [-0.05, 0) is 37.4 Å². The molecule has 8 heteroatoms. The van der Waals surface area contributed by atoms with Crippen LogP contribution in [0.25, 0.3) is 10.1 Å². The van der Waals surface area contributed by atoms with Crippen LogP contribution >= 0.6 is 35.3 Å². The van der Waals surface area contributed by atoms with Crippen molar-refractivity contribution < 1.29 is 9.84 Å². The van der Waals surface area contributed by atoms with Crippen molar-refractivity contribution in [1.29, 1.82) is 0 Å². The number of thiophene rings is 1. The van der Waals surface area contributed by atoms with Crippen molar-refractivity contribution in [3.63, 3.8) is 0 Å². The summed E-state index contributed by atoms with van der Waals surface area (Å²) in [6.07, 6.45) is 0.481. The minimum Gasteiger partial charge on any atom is -0.386 e. The molecular formula is C20H31IN4O2S. The number of hydrogen-bond donors (Lipinski definition) is 3. The van der Waals surface area contributed by atoms with Crippen LogP contribution < -0.4 is 10.6 Å². The van der Waals surface area contributed by atoms with E-state index in [9.17, 15) is 5.11 Å². The van der Waals surface area contributed by atoms with E-state index in [0.29, 0.717) is 6.54 Å². The molecule has 1 aromatic heterocycles. The summed E-state index contributed by atoms with van der Waals surface area (Å²) in [5, 5.41) is 18.3. The topological polar surface area (TPSA) is 69.1 Å². The summed E-state index contributed by atoms with van der Waals surface area (Å²) in [7, 11) is 0. The molecule has 3 rings (SSSR count). The Bertz CT molecular complexity index is 701. The van der Waals surface area contributed by atoms with E-state index in [1.807, 2.05) is 19.1 Å². The van der Waals surface area contributed by atoms with E-state index in [1.165, 1.54) is 10.1 Å².